The summed E-state index contributed by atoms with van der Waals surface area (Å²) in [6.07, 6.45) is 3.91. The number of pyridine rings is 1. The summed E-state index contributed by atoms with van der Waals surface area (Å²) in [7, 11) is 0. The number of nitrogens with zero attached hydrogens (tertiary/aromatic N) is 2. The van der Waals surface area contributed by atoms with Gasteiger partial charge < -0.3 is 10.2 Å². The van der Waals surface area contributed by atoms with E-state index in [9.17, 15) is 4.79 Å². The fraction of sp³-hybridized carbons (Fsp3) is 0.500. The first-order valence-corrected chi connectivity index (χ1v) is 6.70. The second-order valence-corrected chi connectivity index (χ2v) is 5.00. The van der Waals surface area contributed by atoms with Crippen LogP contribution in [0.4, 0.5) is 5.82 Å². The molecule has 1 saturated heterocycles. The van der Waals surface area contributed by atoms with Crippen LogP contribution in [-0.2, 0) is 0 Å². The Morgan fingerprint density at radius 1 is 1.53 bits per heavy atom. The molecule has 0 saturated carbocycles. The van der Waals surface area contributed by atoms with Crippen LogP contribution in [0.25, 0.3) is 0 Å². The number of nitrogens with one attached hydrogen (secondary N) is 1. The first-order chi connectivity index (χ1) is 8.22. The maximum atomic E-state index is 12.3. The van der Waals surface area contributed by atoms with E-state index < -0.39 is 0 Å². The van der Waals surface area contributed by atoms with Gasteiger partial charge in [-0.25, -0.2) is 4.98 Å². The molecule has 0 atom stereocenters. The summed E-state index contributed by atoms with van der Waals surface area (Å²) >= 11 is 3.36. The van der Waals surface area contributed by atoms with Gasteiger partial charge in [-0.1, -0.05) is 0 Å². The van der Waals surface area contributed by atoms with Gasteiger partial charge in [0.25, 0.3) is 5.91 Å². The van der Waals surface area contributed by atoms with Crippen molar-refractivity contribution in [2.75, 3.05) is 25.0 Å². The van der Waals surface area contributed by atoms with Gasteiger partial charge in [-0.2, -0.15) is 0 Å². The molecule has 1 amide bonds. The zero-order chi connectivity index (χ0) is 12.3. The standard InChI is InChI=1S/C12H16BrN3O/c1-2-14-11-10(7-9(13)8-15-11)12(17)16-5-3-4-6-16/h7-8H,2-6H2,1H3,(H,14,15). The number of likely N-dealkylation sites (tertiary alicyclic amines) is 1. The SMILES string of the molecule is CCNc1ncc(Br)cc1C(=O)N1CCCC1. The van der Waals surface area contributed by atoms with Gasteiger partial charge in [0.05, 0.1) is 5.56 Å². The monoisotopic (exact) mass is 297 g/mol. The summed E-state index contributed by atoms with van der Waals surface area (Å²) in [6.45, 7) is 4.47. The predicted octanol–water partition coefficient (Wildman–Crippen LogP) is 2.51. The lowest BCUT2D eigenvalue weighted by Crippen LogP contribution is -2.28. The maximum Gasteiger partial charge on any atom is 0.257 e. The number of hydrogen-bond acceptors (Lipinski definition) is 3. The van der Waals surface area contributed by atoms with Crippen LogP contribution in [0.1, 0.15) is 30.1 Å². The van der Waals surface area contributed by atoms with E-state index in [0.29, 0.717) is 11.4 Å². The third-order valence-electron chi connectivity index (χ3n) is 2.82. The van der Waals surface area contributed by atoms with Crippen molar-refractivity contribution in [1.82, 2.24) is 9.88 Å². The molecule has 17 heavy (non-hydrogen) atoms. The van der Waals surface area contributed by atoms with Crippen molar-refractivity contribution < 1.29 is 4.79 Å². The minimum atomic E-state index is 0.0762. The fourth-order valence-corrected chi connectivity index (χ4v) is 2.33. The topological polar surface area (TPSA) is 45.2 Å². The highest BCUT2D eigenvalue weighted by atomic mass is 79.9. The van der Waals surface area contributed by atoms with Gasteiger partial charge in [-0.3, -0.25) is 4.79 Å². The summed E-state index contributed by atoms with van der Waals surface area (Å²) in [4.78, 5) is 18.5. The van der Waals surface area contributed by atoms with E-state index in [-0.39, 0.29) is 5.91 Å². The zero-order valence-electron chi connectivity index (χ0n) is 9.87. The number of halogens is 1. The lowest BCUT2D eigenvalue weighted by Gasteiger charge is -2.17. The maximum absolute atomic E-state index is 12.3. The molecule has 0 unspecified atom stereocenters. The quantitative estimate of drug-likeness (QED) is 0.932. The molecule has 0 aliphatic carbocycles. The molecule has 1 aromatic rings. The van der Waals surface area contributed by atoms with Gasteiger partial charge in [-0.05, 0) is 41.8 Å². The van der Waals surface area contributed by atoms with Crippen molar-refractivity contribution in [2.45, 2.75) is 19.8 Å². The Balaban J connectivity index is 2.28. The van der Waals surface area contributed by atoms with E-state index in [1.165, 1.54) is 0 Å². The highest BCUT2D eigenvalue weighted by molar-refractivity contribution is 9.10. The van der Waals surface area contributed by atoms with E-state index in [0.717, 1.165) is 36.9 Å². The van der Waals surface area contributed by atoms with Gasteiger partial charge in [0, 0.05) is 30.3 Å². The lowest BCUT2D eigenvalue weighted by atomic mass is 10.2. The van der Waals surface area contributed by atoms with Gasteiger partial charge in [0.2, 0.25) is 0 Å². The Morgan fingerprint density at radius 3 is 2.88 bits per heavy atom. The Kier molecular flexibility index (Phi) is 3.99. The lowest BCUT2D eigenvalue weighted by molar-refractivity contribution is 0.0793. The van der Waals surface area contributed by atoms with Gasteiger partial charge in [-0.15, -0.1) is 0 Å². The summed E-state index contributed by atoms with van der Waals surface area (Å²) < 4.78 is 0.835. The number of rotatable bonds is 3. The van der Waals surface area contributed by atoms with E-state index in [4.69, 9.17) is 0 Å². The van der Waals surface area contributed by atoms with Gasteiger partial charge in [0.1, 0.15) is 5.82 Å². The van der Waals surface area contributed by atoms with Crippen molar-refractivity contribution in [3.05, 3.63) is 22.3 Å². The highest BCUT2D eigenvalue weighted by Gasteiger charge is 2.22. The minimum Gasteiger partial charge on any atom is -0.370 e. The first-order valence-electron chi connectivity index (χ1n) is 5.91. The molecule has 2 heterocycles. The number of amides is 1. The van der Waals surface area contributed by atoms with Crippen molar-refractivity contribution in [1.29, 1.82) is 0 Å². The highest BCUT2D eigenvalue weighted by Crippen LogP contribution is 2.21. The number of anilines is 1. The van der Waals surface area contributed by atoms with Crippen LogP contribution in [-0.4, -0.2) is 35.4 Å². The molecule has 0 spiro atoms. The molecule has 0 aromatic carbocycles. The normalized spacial score (nSPS) is 15.1. The summed E-state index contributed by atoms with van der Waals surface area (Å²) in [5, 5.41) is 3.13. The van der Waals surface area contributed by atoms with Gasteiger partial charge >= 0.3 is 0 Å². The van der Waals surface area contributed by atoms with E-state index in [2.05, 4.69) is 26.2 Å². The number of carbonyl (C=O) groups is 1. The van der Waals surface area contributed by atoms with Crippen LogP contribution in [0.2, 0.25) is 0 Å². The van der Waals surface area contributed by atoms with Crippen molar-refractivity contribution >= 4 is 27.7 Å². The smallest absolute Gasteiger partial charge is 0.257 e. The first kappa shape index (κ1) is 12.4. The molecule has 0 bridgehead atoms. The van der Waals surface area contributed by atoms with Crippen LogP contribution < -0.4 is 5.32 Å². The minimum absolute atomic E-state index is 0.0762. The molecule has 1 aliphatic rings. The molecule has 4 nitrogen and oxygen atoms in total. The fourth-order valence-electron chi connectivity index (χ4n) is 2.00. The molecule has 0 radical (unpaired) electrons. The van der Waals surface area contributed by atoms with Crippen LogP contribution in [0.5, 0.6) is 0 Å². The molecule has 1 aliphatic heterocycles. The van der Waals surface area contributed by atoms with Crippen molar-refractivity contribution in [3.8, 4) is 0 Å². The molecular formula is C12H16BrN3O. The van der Waals surface area contributed by atoms with Crippen molar-refractivity contribution in [2.24, 2.45) is 0 Å². The summed E-state index contributed by atoms with van der Waals surface area (Å²) in [5.74, 6) is 0.750. The van der Waals surface area contributed by atoms with Crippen LogP contribution in [0.15, 0.2) is 16.7 Å². The van der Waals surface area contributed by atoms with Gasteiger partial charge in [0.15, 0.2) is 0 Å². The number of hydrogen-bond donors (Lipinski definition) is 1. The number of carbonyl (C=O) groups excluding carboxylic acids is 1. The molecule has 5 heteroatoms. The average Bonchev–Trinajstić information content (AvgIpc) is 2.84. The van der Waals surface area contributed by atoms with Crippen LogP contribution in [0.3, 0.4) is 0 Å². The Bertz CT molecular complexity index is 416. The third-order valence-corrected chi connectivity index (χ3v) is 3.26. The molecule has 1 fully saturated rings. The second kappa shape index (κ2) is 5.49. The Hall–Kier alpha value is -1.10. The van der Waals surface area contributed by atoms with Crippen LogP contribution >= 0.6 is 15.9 Å². The average molecular weight is 298 g/mol. The van der Waals surface area contributed by atoms with E-state index in [1.807, 2.05) is 17.9 Å². The third kappa shape index (κ3) is 2.77. The zero-order valence-corrected chi connectivity index (χ0v) is 11.5. The second-order valence-electron chi connectivity index (χ2n) is 4.08. The molecular weight excluding hydrogens is 282 g/mol. The molecule has 1 N–H and O–H groups in total. The Labute approximate surface area is 110 Å². The molecule has 1 aromatic heterocycles. The van der Waals surface area contributed by atoms with Crippen LogP contribution in [0, 0.1) is 0 Å². The van der Waals surface area contributed by atoms with Crippen molar-refractivity contribution in [3.63, 3.8) is 0 Å². The van der Waals surface area contributed by atoms with E-state index >= 15 is 0 Å². The molecule has 2 rings (SSSR count). The van der Waals surface area contributed by atoms with E-state index in [1.54, 1.807) is 6.20 Å². The predicted molar refractivity (Wildman–Crippen MR) is 71.2 cm³/mol. The Morgan fingerprint density at radius 2 is 2.24 bits per heavy atom. The largest absolute Gasteiger partial charge is 0.370 e. The number of aromatic nitrogens is 1. The summed E-state index contributed by atoms with van der Waals surface area (Å²) in [6, 6.07) is 1.84. The summed E-state index contributed by atoms with van der Waals surface area (Å²) in [5.41, 5.74) is 0.656. The molecule has 92 valence electrons.